The first-order chi connectivity index (χ1) is 13.5. The monoisotopic (exact) mass is 377 g/mol. The van der Waals surface area contributed by atoms with Gasteiger partial charge in [0.2, 0.25) is 0 Å². The van der Waals surface area contributed by atoms with Gasteiger partial charge >= 0.3 is 0 Å². The summed E-state index contributed by atoms with van der Waals surface area (Å²) in [5, 5.41) is 29.1. The van der Waals surface area contributed by atoms with Gasteiger partial charge in [0.1, 0.15) is 11.4 Å². The van der Waals surface area contributed by atoms with Gasteiger partial charge in [-0.25, -0.2) is 0 Å². The maximum atomic E-state index is 13.2. The molecular weight excluding hydrogens is 356 g/mol. The number of ether oxygens (including phenoxy) is 1. The summed E-state index contributed by atoms with van der Waals surface area (Å²) in [7, 11) is 0. The summed E-state index contributed by atoms with van der Waals surface area (Å²) < 4.78 is 6.45. The lowest BCUT2D eigenvalue weighted by Crippen LogP contribution is -2.48. The molecule has 2 aromatic rings. The van der Waals surface area contributed by atoms with E-state index in [1.807, 2.05) is 18.2 Å². The number of nitrogens with zero attached hydrogens (tertiary/aromatic N) is 2. The first kappa shape index (κ1) is 18.5. The quantitative estimate of drug-likeness (QED) is 0.765. The minimum absolute atomic E-state index is 0.0554. The summed E-state index contributed by atoms with van der Waals surface area (Å²) in [6, 6.07) is 14.2. The molecule has 28 heavy (non-hydrogen) atoms. The lowest BCUT2D eigenvalue weighted by molar-refractivity contribution is 0.00319. The minimum atomic E-state index is -0.516. The number of rotatable bonds is 4. The van der Waals surface area contributed by atoms with E-state index in [0.717, 1.165) is 36.8 Å². The third-order valence-electron chi connectivity index (χ3n) is 5.91. The van der Waals surface area contributed by atoms with E-state index in [2.05, 4.69) is 6.07 Å². The van der Waals surface area contributed by atoms with Crippen LogP contribution in [0, 0.1) is 22.5 Å². The fraction of sp³-hybridized carbons (Fsp3) is 0.364. The fourth-order valence-corrected chi connectivity index (χ4v) is 4.54. The van der Waals surface area contributed by atoms with Crippen molar-refractivity contribution in [2.75, 3.05) is 5.23 Å². The molecule has 6 heteroatoms. The van der Waals surface area contributed by atoms with Gasteiger partial charge in [-0.3, -0.25) is 10.0 Å². The number of Topliss-reactive ketones (excluding diaryl/α,β-unsaturated/α-hetero) is 1. The van der Waals surface area contributed by atoms with Gasteiger partial charge in [0.15, 0.2) is 5.78 Å². The van der Waals surface area contributed by atoms with Crippen LogP contribution in [0.3, 0.4) is 0 Å². The topological polar surface area (TPSA) is 96.6 Å². The van der Waals surface area contributed by atoms with Gasteiger partial charge in [-0.05, 0) is 67.5 Å². The van der Waals surface area contributed by atoms with Gasteiger partial charge in [0.25, 0.3) is 0 Å². The maximum Gasteiger partial charge on any atom is 0.173 e. The summed E-state index contributed by atoms with van der Waals surface area (Å²) in [4.78, 5) is 13.2. The number of hydrogen-bond donors (Lipinski definition) is 1. The molecule has 0 bridgehead atoms. The Balaban J connectivity index is 1.73. The first-order valence-corrected chi connectivity index (χ1v) is 9.55. The Labute approximate surface area is 163 Å². The van der Waals surface area contributed by atoms with Crippen molar-refractivity contribution in [3.8, 4) is 22.9 Å². The van der Waals surface area contributed by atoms with Crippen molar-refractivity contribution in [3.05, 3.63) is 53.2 Å². The zero-order chi connectivity index (χ0) is 19.7. The van der Waals surface area contributed by atoms with Crippen LogP contribution < -0.4 is 9.96 Å². The van der Waals surface area contributed by atoms with Gasteiger partial charge in [-0.1, -0.05) is 18.2 Å². The van der Waals surface area contributed by atoms with E-state index in [4.69, 9.17) is 15.2 Å². The molecule has 144 valence electrons. The molecule has 6 nitrogen and oxygen atoms in total. The van der Waals surface area contributed by atoms with Gasteiger partial charge in [0, 0.05) is 6.42 Å². The molecule has 0 saturated heterocycles. The lowest BCUT2D eigenvalue weighted by atomic mass is 9.75. The smallest absolute Gasteiger partial charge is 0.173 e. The molecule has 1 fully saturated rings. The summed E-state index contributed by atoms with van der Waals surface area (Å²) in [6.45, 7) is 0. The van der Waals surface area contributed by atoms with Crippen molar-refractivity contribution >= 4 is 11.5 Å². The lowest BCUT2D eigenvalue weighted by Gasteiger charge is -2.41. The predicted molar refractivity (Wildman–Crippen MR) is 104 cm³/mol. The van der Waals surface area contributed by atoms with E-state index in [1.165, 1.54) is 6.07 Å². The number of anilines is 1. The number of carbonyl (C=O) groups excluding carboxylic acids is 1. The Morgan fingerprint density at radius 2 is 1.96 bits per heavy atom. The SMILES string of the molecule is N#CCCC1C(=O)c2ccc(-c3cccc(N([O-])O)c3)cc2OC12CCCC2. The minimum Gasteiger partial charge on any atom is -0.733 e. The summed E-state index contributed by atoms with van der Waals surface area (Å²) in [5.74, 6) is 0.338. The number of ketones is 1. The zero-order valence-corrected chi connectivity index (χ0v) is 15.4. The molecule has 1 heterocycles. The van der Waals surface area contributed by atoms with Gasteiger partial charge in [-0.15, -0.1) is 0 Å². The molecule has 1 aliphatic carbocycles. The highest BCUT2D eigenvalue weighted by atomic mass is 16.8. The van der Waals surface area contributed by atoms with Crippen molar-refractivity contribution in [1.82, 2.24) is 0 Å². The Hall–Kier alpha value is -2.88. The average molecular weight is 377 g/mol. The van der Waals surface area contributed by atoms with Crippen molar-refractivity contribution in [1.29, 1.82) is 5.26 Å². The second-order valence-electron chi connectivity index (χ2n) is 7.52. The number of nitriles is 1. The molecule has 1 saturated carbocycles. The zero-order valence-electron chi connectivity index (χ0n) is 15.4. The van der Waals surface area contributed by atoms with Crippen LogP contribution in [-0.2, 0) is 0 Å². The summed E-state index contributed by atoms with van der Waals surface area (Å²) in [5.41, 5.74) is 1.72. The standard InChI is InChI=1S/C22H21N2O4/c23-12-4-7-19-21(25)18-9-8-16(15-5-3-6-17(13-15)24(26)27)14-20(18)28-22(19)10-1-2-11-22/h3,5-6,8-9,13-14,19,26H,1-2,4,7,10-11H2/q-1. The third kappa shape index (κ3) is 3.13. The van der Waals surface area contributed by atoms with Crippen LogP contribution in [0.2, 0.25) is 0 Å². The van der Waals surface area contributed by atoms with E-state index in [1.54, 1.807) is 18.2 Å². The van der Waals surface area contributed by atoms with E-state index >= 15 is 0 Å². The van der Waals surface area contributed by atoms with E-state index in [-0.39, 0.29) is 22.6 Å². The second kappa shape index (κ2) is 7.27. The van der Waals surface area contributed by atoms with Crippen LogP contribution in [0.4, 0.5) is 5.69 Å². The van der Waals surface area contributed by atoms with Crippen LogP contribution >= 0.6 is 0 Å². The molecule has 0 aromatic heterocycles. The molecule has 1 spiro atoms. The molecule has 1 unspecified atom stereocenters. The van der Waals surface area contributed by atoms with Crippen LogP contribution in [0.25, 0.3) is 11.1 Å². The van der Waals surface area contributed by atoms with E-state index < -0.39 is 5.60 Å². The van der Waals surface area contributed by atoms with Crippen LogP contribution in [0.5, 0.6) is 5.75 Å². The third-order valence-corrected chi connectivity index (χ3v) is 5.91. The molecule has 1 aliphatic heterocycles. The van der Waals surface area contributed by atoms with Crippen LogP contribution in [0.15, 0.2) is 42.5 Å². The normalized spacial score (nSPS) is 19.8. The molecule has 4 rings (SSSR count). The molecule has 2 aromatic carbocycles. The predicted octanol–water partition coefficient (Wildman–Crippen LogP) is 4.85. The Kier molecular flexibility index (Phi) is 4.80. The van der Waals surface area contributed by atoms with Crippen LogP contribution in [-0.4, -0.2) is 16.6 Å². The summed E-state index contributed by atoms with van der Waals surface area (Å²) >= 11 is 0. The number of carbonyl (C=O) groups is 1. The Bertz CT molecular complexity index is 942. The highest BCUT2D eigenvalue weighted by molar-refractivity contribution is 6.02. The van der Waals surface area contributed by atoms with Gasteiger partial charge in [-0.2, -0.15) is 5.26 Å². The van der Waals surface area contributed by atoms with Crippen LogP contribution in [0.1, 0.15) is 48.9 Å². The first-order valence-electron chi connectivity index (χ1n) is 9.55. The molecule has 0 radical (unpaired) electrons. The number of fused-ring (bicyclic) bond motifs is 1. The van der Waals surface area contributed by atoms with E-state index in [9.17, 15) is 10.0 Å². The Morgan fingerprint density at radius 1 is 1.21 bits per heavy atom. The largest absolute Gasteiger partial charge is 0.733 e. The molecule has 1 N–H and O–H groups in total. The molecule has 1 atom stereocenters. The van der Waals surface area contributed by atoms with E-state index in [0.29, 0.717) is 24.2 Å². The highest BCUT2D eigenvalue weighted by Crippen LogP contribution is 2.48. The fourth-order valence-electron chi connectivity index (χ4n) is 4.54. The Morgan fingerprint density at radius 3 is 2.68 bits per heavy atom. The van der Waals surface area contributed by atoms with Crippen molar-refractivity contribution in [2.45, 2.75) is 44.1 Å². The van der Waals surface area contributed by atoms with Crippen molar-refractivity contribution in [3.63, 3.8) is 0 Å². The highest BCUT2D eigenvalue weighted by Gasteiger charge is 2.50. The molecule has 0 amide bonds. The number of benzene rings is 2. The molecular formula is C22H21N2O4-. The number of hydrogen-bond acceptors (Lipinski definition) is 6. The summed E-state index contributed by atoms with van der Waals surface area (Å²) in [6.07, 6.45) is 4.54. The van der Waals surface area contributed by atoms with Crippen molar-refractivity contribution in [2.24, 2.45) is 5.92 Å². The van der Waals surface area contributed by atoms with Crippen molar-refractivity contribution < 1.29 is 14.7 Å². The maximum absolute atomic E-state index is 13.2. The van der Waals surface area contributed by atoms with Gasteiger partial charge < -0.3 is 15.2 Å². The average Bonchev–Trinajstić information content (AvgIpc) is 3.16. The van der Waals surface area contributed by atoms with Gasteiger partial charge in [0.05, 0.1) is 23.2 Å². The second-order valence-corrected chi connectivity index (χ2v) is 7.52. The molecule has 2 aliphatic rings.